The van der Waals surface area contributed by atoms with Gasteiger partial charge in [-0.25, -0.2) is 0 Å². The van der Waals surface area contributed by atoms with Crippen LogP contribution in [0, 0.1) is 0 Å². The maximum atomic E-state index is 8.41. The van der Waals surface area contributed by atoms with Crippen molar-refractivity contribution in [3.05, 3.63) is 65.0 Å². The minimum atomic E-state index is 0.588. The van der Waals surface area contributed by atoms with Crippen LogP contribution in [0.1, 0.15) is 0 Å². The fourth-order valence-electron chi connectivity index (χ4n) is 1.89. The van der Waals surface area contributed by atoms with Gasteiger partial charge in [0.2, 0.25) is 0 Å². The molecule has 0 unspecified atom stereocenters. The Bertz CT molecular complexity index is 740. The maximum absolute atomic E-state index is 8.41. The minimum Gasteiger partial charge on any atom is -0.456 e. The van der Waals surface area contributed by atoms with Crippen molar-refractivity contribution in [3.8, 4) is 11.3 Å². The summed E-state index contributed by atoms with van der Waals surface area (Å²) in [5, 5.41) is 4.51. The molecule has 1 aromatic heterocycles. The average Bonchev–Trinajstić information content (AvgIpc) is 2.83. The summed E-state index contributed by atoms with van der Waals surface area (Å²) in [6, 6.07) is 17.2. The third-order valence-electron chi connectivity index (χ3n) is 2.72. The van der Waals surface area contributed by atoms with E-state index in [9.17, 15) is 0 Å². The van der Waals surface area contributed by atoms with Crippen LogP contribution in [-0.2, 0) is 0 Å². The van der Waals surface area contributed by atoms with Crippen molar-refractivity contribution in [2.45, 2.75) is 0 Å². The number of furan rings is 1. The Hall–Kier alpha value is -2.71. The summed E-state index contributed by atoms with van der Waals surface area (Å²) in [7, 11) is 0. The molecule has 3 rings (SSSR count). The Balaban J connectivity index is 2.14. The number of rotatable bonds is 2. The second kappa shape index (κ2) is 4.28. The van der Waals surface area contributed by atoms with Crippen LogP contribution in [0.4, 0.5) is 5.69 Å². The molecule has 0 aliphatic rings. The molecule has 0 aliphatic heterocycles. The number of benzene rings is 2. The monoisotopic (exact) mass is 235 g/mol. The summed E-state index contributed by atoms with van der Waals surface area (Å²) in [4.78, 5) is 2.77. The van der Waals surface area contributed by atoms with Crippen molar-refractivity contribution >= 4 is 16.7 Å². The largest absolute Gasteiger partial charge is 0.456 e. The Morgan fingerprint density at radius 3 is 2.61 bits per heavy atom. The Morgan fingerprint density at radius 2 is 1.83 bits per heavy atom. The zero-order valence-electron chi connectivity index (χ0n) is 9.45. The van der Waals surface area contributed by atoms with Crippen molar-refractivity contribution in [2.75, 3.05) is 0 Å². The van der Waals surface area contributed by atoms with Crippen molar-refractivity contribution < 1.29 is 4.42 Å². The second-order valence-electron chi connectivity index (χ2n) is 3.89. The molecule has 3 aromatic rings. The Kier molecular flexibility index (Phi) is 2.48. The first-order valence-electron chi connectivity index (χ1n) is 5.51. The molecule has 0 bridgehead atoms. The van der Waals surface area contributed by atoms with E-state index in [1.165, 1.54) is 0 Å². The molecule has 0 saturated carbocycles. The SMILES string of the molecule is [N-]=[N+]=Nc1ccc2oc(-c3ccccc3)cc2c1. The van der Waals surface area contributed by atoms with Crippen LogP contribution >= 0.6 is 0 Å². The molecule has 1 heterocycles. The van der Waals surface area contributed by atoms with Crippen molar-refractivity contribution in [2.24, 2.45) is 5.11 Å². The van der Waals surface area contributed by atoms with Crippen LogP contribution < -0.4 is 0 Å². The van der Waals surface area contributed by atoms with Crippen LogP contribution in [0.5, 0.6) is 0 Å². The van der Waals surface area contributed by atoms with E-state index in [0.717, 1.165) is 22.3 Å². The number of hydrogen-bond acceptors (Lipinski definition) is 2. The lowest BCUT2D eigenvalue weighted by atomic mass is 10.1. The summed E-state index contributed by atoms with van der Waals surface area (Å²) in [6.45, 7) is 0. The lowest BCUT2D eigenvalue weighted by Gasteiger charge is -1.93. The normalized spacial score (nSPS) is 10.2. The molecule has 0 amide bonds. The first kappa shape index (κ1) is 10.4. The van der Waals surface area contributed by atoms with E-state index >= 15 is 0 Å². The zero-order chi connectivity index (χ0) is 12.4. The number of azide groups is 1. The van der Waals surface area contributed by atoms with Gasteiger partial charge in [-0.05, 0) is 29.8 Å². The number of nitrogens with zero attached hydrogens (tertiary/aromatic N) is 3. The van der Waals surface area contributed by atoms with Crippen molar-refractivity contribution in [1.82, 2.24) is 0 Å². The predicted octanol–water partition coefficient (Wildman–Crippen LogP) is 5.04. The molecule has 0 atom stereocenters. The van der Waals surface area contributed by atoms with Gasteiger partial charge in [0.05, 0.1) is 0 Å². The molecule has 0 aliphatic carbocycles. The summed E-state index contributed by atoms with van der Waals surface area (Å²) >= 11 is 0. The minimum absolute atomic E-state index is 0.588. The number of fused-ring (bicyclic) bond motifs is 1. The third-order valence-corrected chi connectivity index (χ3v) is 2.72. The number of hydrogen-bond donors (Lipinski definition) is 0. The van der Waals surface area contributed by atoms with Gasteiger partial charge in [0.25, 0.3) is 0 Å². The molecular formula is C14H9N3O. The first-order chi connectivity index (χ1) is 8.86. The molecule has 0 fully saturated rings. The quantitative estimate of drug-likeness (QED) is 0.348. The van der Waals surface area contributed by atoms with Gasteiger partial charge in [-0.2, -0.15) is 0 Å². The lowest BCUT2D eigenvalue weighted by molar-refractivity contribution is 0.631. The van der Waals surface area contributed by atoms with Gasteiger partial charge in [-0.15, -0.1) is 0 Å². The smallest absolute Gasteiger partial charge is 0.135 e. The first-order valence-corrected chi connectivity index (χ1v) is 5.51. The standard InChI is InChI=1S/C14H9N3O/c15-17-16-12-6-7-13-11(8-12)9-14(18-13)10-4-2-1-3-5-10/h1-9H. The molecule has 0 radical (unpaired) electrons. The van der Waals surface area contributed by atoms with Crippen LogP contribution in [0.15, 0.2) is 64.1 Å². The van der Waals surface area contributed by atoms with Gasteiger partial charge in [0.1, 0.15) is 11.3 Å². The van der Waals surface area contributed by atoms with Gasteiger partial charge >= 0.3 is 0 Å². The molecule has 0 saturated heterocycles. The summed E-state index contributed by atoms with van der Waals surface area (Å²) in [6.07, 6.45) is 0. The van der Waals surface area contributed by atoms with Crippen LogP contribution in [0.25, 0.3) is 32.7 Å². The molecule has 4 nitrogen and oxygen atoms in total. The van der Waals surface area contributed by atoms with Crippen molar-refractivity contribution in [1.29, 1.82) is 0 Å². The van der Waals surface area contributed by atoms with Crippen LogP contribution in [0.3, 0.4) is 0 Å². The fraction of sp³-hybridized carbons (Fsp3) is 0. The highest BCUT2D eigenvalue weighted by Crippen LogP contribution is 2.30. The molecule has 0 N–H and O–H groups in total. The predicted molar refractivity (Wildman–Crippen MR) is 70.5 cm³/mol. The van der Waals surface area contributed by atoms with Gasteiger partial charge < -0.3 is 4.42 Å². The van der Waals surface area contributed by atoms with Gasteiger partial charge in [0, 0.05) is 21.5 Å². The Labute approximate surface area is 103 Å². The topological polar surface area (TPSA) is 61.9 Å². The third kappa shape index (κ3) is 1.81. The summed E-state index contributed by atoms with van der Waals surface area (Å²) < 4.78 is 5.75. The van der Waals surface area contributed by atoms with E-state index in [4.69, 9.17) is 9.95 Å². The lowest BCUT2D eigenvalue weighted by Crippen LogP contribution is -1.69. The van der Waals surface area contributed by atoms with E-state index in [0.29, 0.717) is 5.69 Å². The van der Waals surface area contributed by atoms with E-state index < -0.39 is 0 Å². The summed E-state index contributed by atoms with van der Waals surface area (Å²) in [5.74, 6) is 0.809. The maximum Gasteiger partial charge on any atom is 0.135 e. The van der Waals surface area contributed by atoms with Gasteiger partial charge in [-0.1, -0.05) is 35.4 Å². The Morgan fingerprint density at radius 1 is 1.00 bits per heavy atom. The average molecular weight is 235 g/mol. The highest BCUT2D eigenvalue weighted by Gasteiger charge is 2.05. The molecule has 4 heteroatoms. The van der Waals surface area contributed by atoms with E-state index in [-0.39, 0.29) is 0 Å². The van der Waals surface area contributed by atoms with Crippen molar-refractivity contribution in [3.63, 3.8) is 0 Å². The molecule has 0 spiro atoms. The molecular weight excluding hydrogens is 226 g/mol. The highest BCUT2D eigenvalue weighted by atomic mass is 16.3. The molecule has 2 aromatic carbocycles. The zero-order valence-corrected chi connectivity index (χ0v) is 9.45. The van der Waals surface area contributed by atoms with E-state index in [1.807, 2.05) is 48.5 Å². The molecule has 86 valence electrons. The van der Waals surface area contributed by atoms with Crippen LogP contribution in [-0.4, -0.2) is 0 Å². The van der Waals surface area contributed by atoms with Crippen LogP contribution in [0.2, 0.25) is 0 Å². The van der Waals surface area contributed by atoms with E-state index in [2.05, 4.69) is 10.0 Å². The van der Waals surface area contributed by atoms with Gasteiger partial charge in [-0.3, -0.25) is 0 Å². The molecule has 18 heavy (non-hydrogen) atoms. The summed E-state index contributed by atoms with van der Waals surface area (Å²) in [5.41, 5.74) is 10.8. The van der Waals surface area contributed by atoms with E-state index in [1.54, 1.807) is 6.07 Å². The van der Waals surface area contributed by atoms with Gasteiger partial charge in [0.15, 0.2) is 0 Å². The highest BCUT2D eigenvalue weighted by molar-refractivity contribution is 5.85. The second-order valence-corrected chi connectivity index (χ2v) is 3.89. The fourth-order valence-corrected chi connectivity index (χ4v) is 1.89.